The SMILES string of the molecule is Cc1nc2sc(C(=O)N3CCNCC3)c(C)c2c(=O)o1. The first kappa shape index (κ1) is 13.3. The second kappa shape index (κ2) is 4.99. The van der Waals surface area contributed by atoms with Crippen LogP contribution in [0.4, 0.5) is 0 Å². The predicted molar refractivity (Wildman–Crippen MR) is 76.4 cm³/mol. The van der Waals surface area contributed by atoms with Crippen LogP contribution in [-0.4, -0.2) is 42.0 Å². The highest BCUT2D eigenvalue weighted by molar-refractivity contribution is 7.20. The van der Waals surface area contributed by atoms with Crippen LogP contribution in [0.2, 0.25) is 0 Å². The van der Waals surface area contributed by atoms with Crippen LogP contribution < -0.4 is 10.9 Å². The monoisotopic (exact) mass is 293 g/mol. The van der Waals surface area contributed by atoms with E-state index in [9.17, 15) is 9.59 Å². The summed E-state index contributed by atoms with van der Waals surface area (Å²) >= 11 is 1.27. The second-order valence-corrected chi connectivity index (χ2v) is 5.80. The van der Waals surface area contributed by atoms with Gasteiger partial charge in [0.2, 0.25) is 0 Å². The van der Waals surface area contributed by atoms with Gasteiger partial charge in [0.15, 0.2) is 5.89 Å². The van der Waals surface area contributed by atoms with E-state index < -0.39 is 5.63 Å². The molecule has 1 N–H and O–H groups in total. The number of aryl methyl sites for hydroxylation is 2. The number of fused-ring (bicyclic) bond motifs is 1. The molecule has 7 heteroatoms. The van der Waals surface area contributed by atoms with Gasteiger partial charge in [-0.1, -0.05) is 0 Å². The molecule has 1 fully saturated rings. The van der Waals surface area contributed by atoms with Gasteiger partial charge in [-0.15, -0.1) is 11.3 Å². The summed E-state index contributed by atoms with van der Waals surface area (Å²) in [4.78, 5) is 31.6. The Morgan fingerprint density at radius 2 is 2.05 bits per heavy atom. The molecule has 0 aromatic carbocycles. The third kappa shape index (κ3) is 2.12. The molecular weight excluding hydrogens is 278 g/mol. The molecule has 0 unspecified atom stereocenters. The van der Waals surface area contributed by atoms with Crippen molar-refractivity contribution in [3.63, 3.8) is 0 Å². The normalized spacial score (nSPS) is 15.8. The predicted octanol–water partition coefficient (Wildman–Crippen LogP) is 0.912. The number of nitrogens with one attached hydrogen (secondary N) is 1. The molecular formula is C13H15N3O3S. The van der Waals surface area contributed by atoms with Crippen LogP contribution >= 0.6 is 11.3 Å². The minimum Gasteiger partial charge on any atom is -0.408 e. The van der Waals surface area contributed by atoms with E-state index >= 15 is 0 Å². The van der Waals surface area contributed by atoms with Crippen LogP contribution in [0.25, 0.3) is 10.2 Å². The van der Waals surface area contributed by atoms with Crippen LogP contribution in [0.3, 0.4) is 0 Å². The van der Waals surface area contributed by atoms with E-state index in [2.05, 4.69) is 10.3 Å². The van der Waals surface area contributed by atoms with Gasteiger partial charge in [-0.25, -0.2) is 9.78 Å². The van der Waals surface area contributed by atoms with E-state index in [0.29, 0.717) is 39.6 Å². The third-order valence-corrected chi connectivity index (χ3v) is 4.60. The van der Waals surface area contributed by atoms with E-state index in [1.165, 1.54) is 11.3 Å². The van der Waals surface area contributed by atoms with Crippen molar-refractivity contribution in [2.24, 2.45) is 0 Å². The van der Waals surface area contributed by atoms with Gasteiger partial charge in [0, 0.05) is 33.1 Å². The number of hydrogen-bond acceptors (Lipinski definition) is 6. The fourth-order valence-electron chi connectivity index (χ4n) is 2.38. The maximum Gasteiger partial charge on any atom is 0.348 e. The van der Waals surface area contributed by atoms with Crippen molar-refractivity contribution in [3.05, 3.63) is 26.8 Å². The Balaban J connectivity index is 2.08. The molecule has 3 rings (SSSR count). The molecule has 106 valence electrons. The Morgan fingerprint density at radius 3 is 2.75 bits per heavy atom. The maximum absolute atomic E-state index is 12.5. The first-order valence-corrected chi connectivity index (χ1v) is 7.30. The molecule has 0 aliphatic carbocycles. The molecule has 1 amide bonds. The van der Waals surface area contributed by atoms with Crippen molar-refractivity contribution in [3.8, 4) is 0 Å². The molecule has 1 aliphatic heterocycles. The Morgan fingerprint density at radius 1 is 1.35 bits per heavy atom. The zero-order valence-corrected chi connectivity index (χ0v) is 12.2. The fraction of sp³-hybridized carbons (Fsp3) is 0.462. The Bertz CT molecular complexity index is 728. The van der Waals surface area contributed by atoms with Gasteiger partial charge in [-0.3, -0.25) is 4.79 Å². The number of rotatable bonds is 1. The molecule has 6 nitrogen and oxygen atoms in total. The molecule has 0 bridgehead atoms. The van der Waals surface area contributed by atoms with Gasteiger partial charge in [0.05, 0.1) is 4.88 Å². The summed E-state index contributed by atoms with van der Waals surface area (Å²) in [5.41, 5.74) is 0.260. The highest BCUT2D eigenvalue weighted by Gasteiger charge is 2.24. The summed E-state index contributed by atoms with van der Waals surface area (Å²) < 4.78 is 5.01. The third-order valence-electron chi connectivity index (χ3n) is 3.43. The zero-order valence-electron chi connectivity index (χ0n) is 11.4. The number of amides is 1. The summed E-state index contributed by atoms with van der Waals surface area (Å²) in [6.07, 6.45) is 0. The first-order chi connectivity index (χ1) is 9.58. The average molecular weight is 293 g/mol. The van der Waals surface area contributed by atoms with Crippen LogP contribution in [0.1, 0.15) is 21.1 Å². The van der Waals surface area contributed by atoms with Gasteiger partial charge in [-0.2, -0.15) is 0 Å². The van der Waals surface area contributed by atoms with Crippen LogP contribution in [0.5, 0.6) is 0 Å². The number of nitrogens with zero attached hydrogens (tertiary/aromatic N) is 2. The van der Waals surface area contributed by atoms with Crippen molar-refractivity contribution in [1.29, 1.82) is 0 Å². The average Bonchev–Trinajstić information content (AvgIpc) is 2.76. The molecule has 1 saturated heterocycles. The van der Waals surface area contributed by atoms with Crippen molar-refractivity contribution < 1.29 is 9.21 Å². The molecule has 1 aliphatic rings. The molecule has 0 spiro atoms. The van der Waals surface area contributed by atoms with Crippen molar-refractivity contribution >= 4 is 27.5 Å². The number of thiophene rings is 1. The lowest BCUT2D eigenvalue weighted by molar-refractivity contribution is 0.0740. The minimum atomic E-state index is -0.416. The van der Waals surface area contributed by atoms with Gasteiger partial charge in [-0.05, 0) is 12.5 Å². The quantitative estimate of drug-likeness (QED) is 0.846. The van der Waals surface area contributed by atoms with Gasteiger partial charge < -0.3 is 14.6 Å². The molecule has 0 atom stereocenters. The number of carbonyl (C=O) groups is 1. The van der Waals surface area contributed by atoms with Crippen molar-refractivity contribution in [1.82, 2.24) is 15.2 Å². The van der Waals surface area contributed by atoms with Gasteiger partial charge in [0.25, 0.3) is 5.91 Å². The highest BCUT2D eigenvalue weighted by atomic mass is 32.1. The lowest BCUT2D eigenvalue weighted by atomic mass is 10.2. The number of piperazine rings is 1. The molecule has 0 radical (unpaired) electrons. The highest BCUT2D eigenvalue weighted by Crippen LogP contribution is 2.28. The number of hydrogen-bond donors (Lipinski definition) is 1. The topological polar surface area (TPSA) is 75.4 Å². The van der Waals surface area contributed by atoms with E-state index in [0.717, 1.165) is 13.1 Å². The largest absolute Gasteiger partial charge is 0.408 e. The van der Waals surface area contributed by atoms with Crippen LogP contribution in [0.15, 0.2) is 9.21 Å². The molecule has 3 heterocycles. The summed E-state index contributed by atoms with van der Waals surface area (Å²) in [5, 5.41) is 3.64. The van der Waals surface area contributed by atoms with Crippen LogP contribution in [0, 0.1) is 13.8 Å². The van der Waals surface area contributed by atoms with E-state index in [1.807, 2.05) is 4.90 Å². The molecule has 2 aromatic heterocycles. The number of aromatic nitrogens is 1. The molecule has 2 aromatic rings. The van der Waals surface area contributed by atoms with Crippen LogP contribution in [-0.2, 0) is 0 Å². The lowest BCUT2D eigenvalue weighted by Gasteiger charge is -2.27. The molecule has 0 saturated carbocycles. The summed E-state index contributed by atoms with van der Waals surface area (Å²) in [6, 6.07) is 0. The van der Waals surface area contributed by atoms with E-state index in [4.69, 9.17) is 4.42 Å². The van der Waals surface area contributed by atoms with E-state index in [-0.39, 0.29) is 5.91 Å². The lowest BCUT2D eigenvalue weighted by Crippen LogP contribution is -2.46. The van der Waals surface area contributed by atoms with Crippen molar-refractivity contribution in [2.45, 2.75) is 13.8 Å². The summed E-state index contributed by atoms with van der Waals surface area (Å²) in [5.74, 6) is 0.300. The smallest absolute Gasteiger partial charge is 0.348 e. The first-order valence-electron chi connectivity index (χ1n) is 6.49. The van der Waals surface area contributed by atoms with E-state index in [1.54, 1.807) is 13.8 Å². The van der Waals surface area contributed by atoms with Crippen molar-refractivity contribution in [2.75, 3.05) is 26.2 Å². The fourth-order valence-corrected chi connectivity index (χ4v) is 3.56. The maximum atomic E-state index is 12.5. The Labute approximate surface area is 119 Å². The summed E-state index contributed by atoms with van der Waals surface area (Å²) in [6.45, 7) is 6.39. The second-order valence-electron chi connectivity index (χ2n) is 4.80. The standard InChI is InChI=1S/C13H15N3O3S/c1-7-9-11(15-8(2)19-13(9)18)20-10(7)12(17)16-5-3-14-4-6-16/h14H,3-6H2,1-2H3. The molecule has 20 heavy (non-hydrogen) atoms. The van der Waals surface area contributed by atoms with Gasteiger partial charge >= 0.3 is 5.63 Å². The Hall–Kier alpha value is -1.73. The summed E-state index contributed by atoms with van der Waals surface area (Å²) in [7, 11) is 0. The van der Waals surface area contributed by atoms with Gasteiger partial charge in [0.1, 0.15) is 10.2 Å². The minimum absolute atomic E-state index is 0.0240. The zero-order chi connectivity index (χ0) is 14.3. The Kier molecular flexibility index (Phi) is 3.31. The number of carbonyl (C=O) groups excluding carboxylic acids is 1.